The van der Waals surface area contributed by atoms with Crippen LogP contribution in [-0.2, 0) is 16.0 Å². The minimum absolute atomic E-state index is 0.225. The Labute approximate surface area is 153 Å². The minimum atomic E-state index is -0.883. The molecule has 0 aromatic heterocycles. The Kier molecular flexibility index (Phi) is 5.05. The van der Waals surface area contributed by atoms with Crippen molar-refractivity contribution in [3.8, 4) is 6.07 Å². The average molecular weight is 367 g/mol. The third-order valence-electron chi connectivity index (χ3n) is 3.87. The number of hydrogen-bond donors (Lipinski definition) is 1. The van der Waals surface area contributed by atoms with Gasteiger partial charge in [-0.1, -0.05) is 42.1 Å². The lowest BCUT2D eigenvalue weighted by Crippen LogP contribution is -2.30. The summed E-state index contributed by atoms with van der Waals surface area (Å²) in [6, 6.07) is 16.4. The number of anilines is 1. The van der Waals surface area contributed by atoms with E-state index < -0.39 is 11.2 Å². The normalized spacial score (nSPS) is 18.5. The monoisotopic (exact) mass is 367 g/mol. The first-order valence-electron chi connectivity index (χ1n) is 7.75. The number of thioether (sulfide) groups is 1. The molecule has 1 atom stereocenters. The summed E-state index contributed by atoms with van der Waals surface area (Å²) in [4.78, 5) is 26.0. The second-order valence-electron chi connectivity index (χ2n) is 5.60. The summed E-state index contributed by atoms with van der Waals surface area (Å²) in [5.74, 6) is -1.49. The van der Waals surface area contributed by atoms with Gasteiger partial charge < -0.3 is 5.73 Å². The highest BCUT2D eigenvalue weighted by molar-refractivity contribution is 8.05. The van der Waals surface area contributed by atoms with Crippen LogP contribution in [0.4, 0.5) is 10.1 Å². The molecule has 1 fully saturated rings. The Morgan fingerprint density at radius 1 is 1.19 bits per heavy atom. The fourth-order valence-electron chi connectivity index (χ4n) is 2.65. The molecular weight excluding hydrogens is 353 g/mol. The molecule has 1 aliphatic heterocycles. The van der Waals surface area contributed by atoms with E-state index in [9.17, 15) is 19.2 Å². The molecule has 26 heavy (non-hydrogen) atoms. The molecule has 1 aliphatic rings. The maximum atomic E-state index is 13.1. The predicted molar refractivity (Wildman–Crippen MR) is 97.2 cm³/mol. The molecule has 0 radical (unpaired) electrons. The quantitative estimate of drug-likeness (QED) is 0.665. The summed E-state index contributed by atoms with van der Waals surface area (Å²) < 4.78 is 13.1. The molecule has 1 saturated heterocycles. The van der Waals surface area contributed by atoms with Crippen LogP contribution in [-0.4, -0.2) is 17.1 Å². The van der Waals surface area contributed by atoms with E-state index >= 15 is 0 Å². The van der Waals surface area contributed by atoms with E-state index in [0.717, 1.165) is 17.3 Å². The lowest BCUT2D eigenvalue weighted by molar-refractivity contribution is -0.117. The summed E-state index contributed by atoms with van der Waals surface area (Å²) in [6.45, 7) is 0. The van der Waals surface area contributed by atoms with Gasteiger partial charge in [0.25, 0.3) is 5.91 Å². The van der Waals surface area contributed by atoms with E-state index in [1.165, 1.54) is 17.0 Å². The van der Waals surface area contributed by atoms with Gasteiger partial charge in [-0.2, -0.15) is 5.26 Å². The maximum absolute atomic E-state index is 13.1. The van der Waals surface area contributed by atoms with Crippen LogP contribution in [0.15, 0.2) is 65.2 Å². The average Bonchev–Trinajstić information content (AvgIpc) is 2.94. The lowest BCUT2D eigenvalue weighted by atomic mass is 10.1. The van der Waals surface area contributed by atoms with E-state index in [0.29, 0.717) is 12.1 Å². The van der Waals surface area contributed by atoms with E-state index in [4.69, 9.17) is 5.73 Å². The highest BCUT2D eigenvalue weighted by Crippen LogP contribution is 2.41. The van der Waals surface area contributed by atoms with Gasteiger partial charge in [0.05, 0.1) is 5.25 Å². The van der Waals surface area contributed by atoms with Crippen LogP contribution in [0.3, 0.4) is 0 Å². The molecule has 7 heteroatoms. The van der Waals surface area contributed by atoms with Crippen LogP contribution in [0, 0.1) is 17.1 Å². The van der Waals surface area contributed by atoms with Crippen LogP contribution in [0.25, 0.3) is 0 Å². The Balaban J connectivity index is 2.00. The van der Waals surface area contributed by atoms with Crippen LogP contribution >= 0.6 is 11.8 Å². The Hall–Kier alpha value is -3.11. The van der Waals surface area contributed by atoms with Crippen molar-refractivity contribution in [1.82, 2.24) is 0 Å². The van der Waals surface area contributed by atoms with E-state index in [-0.39, 0.29) is 22.3 Å². The third-order valence-corrected chi connectivity index (χ3v) is 5.14. The molecule has 0 saturated carbocycles. The fourth-order valence-corrected chi connectivity index (χ4v) is 3.96. The molecule has 0 bridgehead atoms. The van der Waals surface area contributed by atoms with Crippen LogP contribution in [0.2, 0.25) is 0 Å². The first-order chi connectivity index (χ1) is 12.5. The van der Waals surface area contributed by atoms with Crippen molar-refractivity contribution >= 4 is 29.3 Å². The number of hydrogen-bond acceptors (Lipinski definition) is 4. The Morgan fingerprint density at radius 3 is 2.42 bits per heavy atom. The smallest absolute Gasteiger partial charge is 0.262 e. The third kappa shape index (κ3) is 3.46. The SMILES string of the molecule is N#C/C(C(N)=O)=C1\S[C@H](Cc2ccc(F)cc2)C(=O)N1c1ccccc1. The molecule has 0 unspecified atom stereocenters. The van der Waals surface area contributed by atoms with Gasteiger partial charge in [0, 0.05) is 5.69 Å². The number of amides is 2. The van der Waals surface area contributed by atoms with Crippen molar-refractivity contribution < 1.29 is 14.0 Å². The first kappa shape index (κ1) is 17.7. The molecule has 2 aromatic carbocycles. The summed E-state index contributed by atoms with van der Waals surface area (Å²) >= 11 is 1.12. The van der Waals surface area contributed by atoms with Crippen LogP contribution < -0.4 is 10.6 Å². The summed E-state index contributed by atoms with van der Waals surface area (Å²) in [6.07, 6.45) is 0.341. The lowest BCUT2D eigenvalue weighted by Gasteiger charge is -2.18. The van der Waals surface area contributed by atoms with Gasteiger partial charge in [0.1, 0.15) is 22.5 Å². The van der Waals surface area contributed by atoms with Gasteiger partial charge in [-0.15, -0.1) is 0 Å². The van der Waals surface area contributed by atoms with Crippen molar-refractivity contribution in [2.24, 2.45) is 5.73 Å². The Bertz CT molecular complexity index is 920. The summed E-state index contributed by atoms with van der Waals surface area (Å²) in [5, 5.41) is 8.99. The topological polar surface area (TPSA) is 87.2 Å². The zero-order valence-electron chi connectivity index (χ0n) is 13.6. The predicted octanol–water partition coefficient (Wildman–Crippen LogP) is 2.74. The Morgan fingerprint density at radius 2 is 1.85 bits per heavy atom. The number of rotatable bonds is 4. The maximum Gasteiger partial charge on any atom is 0.262 e. The number of benzene rings is 2. The number of nitrogens with zero attached hydrogens (tertiary/aromatic N) is 2. The number of halogens is 1. The molecule has 2 N–H and O–H groups in total. The standard InChI is InChI=1S/C19H14FN3O2S/c20-13-8-6-12(7-9-13)10-16-18(25)23(14-4-2-1-3-5-14)19(26-16)15(11-21)17(22)24/h1-9,16H,10H2,(H2,22,24)/b19-15+/t16-/m1/s1. The number of primary amides is 1. The van der Waals surface area contributed by atoms with Crippen molar-refractivity contribution in [3.63, 3.8) is 0 Å². The van der Waals surface area contributed by atoms with Gasteiger partial charge in [0.2, 0.25) is 5.91 Å². The zero-order chi connectivity index (χ0) is 18.7. The highest BCUT2D eigenvalue weighted by atomic mass is 32.2. The molecule has 3 rings (SSSR count). The molecule has 2 amide bonds. The molecule has 0 spiro atoms. The van der Waals surface area contributed by atoms with Gasteiger partial charge in [-0.3, -0.25) is 14.5 Å². The van der Waals surface area contributed by atoms with E-state index in [1.807, 2.05) is 0 Å². The van der Waals surface area contributed by atoms with Crippen molar-refractivity contribution in [2.45, 2.75) is 11.7 Å². The number of para-hydroxylation sites is 1. The van der Waals surface area contributed by atoms with Gasteiger partial charge in [-0.05, 0) is 36.2 Å². The van der Waals surface area contributed by atoms with E-state index in [2.05, 4.69) is 0 Å². The van der Waals surface area contributed by atoms with Crippen LogP contribution in [0.1, 0.15) is 5.56 Å². The molecule has 0 aliphatic carbocycles. The largest absolute Gasteiger partial charge is 0.365 e. The van der Waals surface area contributed by atoms with E-state index in [1.54, 1.807) is 48.5 Å². The van der Waals surface area contributed by atoms with Crippen LogP contribution in [0.5, 0.6) is 0 Å². The van der Waals surface area contributed by atoms with Gasteiger partial charge in [-0.25, -0.2) is 4.39 Å². The minimum Gasteiger partial charge on any atom is -0.365 e. The number of carbonyl (C=O) groups is 2. The number of nitrogens with two attached hydrogens (primary N) is 1. The molecule has 1 heterocycles. The second kappa shape index (κ2) is 7.42. The first-order valence-corrected chi connectivity index (χ1v) is 8.63. The number of nitriles is 1. The summed E-state index contributed by atoms with van der Waals surface area (Å²) in [5.41, 5.74) is 6.39. The number of carbonyl (C=O) groups excluding carboxylic acids is 2. The second-order valence-corrected chi connectivity index (χ2v) is 6.79. The highest BCUT2D eigenvalue weighted by Gasteiger charge is 2.40. The molecule has 130 valence electrons. The van der Waals surface area contributed by atoms with Gasteiger partial charge >= 0.3 is 0 Å². The van der Waals surface area contributed by atoms with Gasteiger partial charge in [0.15, 0.2) is 0 Å². The zero-order valence-corrected chi connectivity index (χ0v) is 14.4. The van der Waals surface area contributed by atoms with Crippen molar-refractivity contribution in [1.29, 1.82) is 5.26 Å². The fraction of sp³-hybridized carbons (Fsp3) is 0.105. The summed E-state index contributed by atoms with van der Waals surface area (Å²) in [7, 11) is 0. The van der Waals surface area contributed by atoms with Crippen molar-refractivity contribution in [3.05, 3.63) is 76.6 Å². The van der Waals surface area contributed by atoms with Crippen molar-refractivity contribution in [2.75, 3.05) is 4.90 Å². The molecular formula is C19H14FN3O2S. The molecule has 2 aromatic rings. The molecule has 5 nitrogen and oxygen atoms in total.